The summed E-state index contributed by atoms with van der Waals surface area (Å²) in [6, 6.07) is 0. The molecular weight excluding hydrogens is 84.1 g/mol. The van der Waals surface area contributed by atoms with Gasteiger partial charge in [-0.3, -0.25) is 0 Å². The molecule has 0 rings (SSSR count). The molecule has 0 aromatic rings. The molecule has 5 heavy (non-hydrogen) atoms. The summed E-state index contributed by atoms with van der Waals surface area (Å²) in [5.41, 5.74) is 0. The normalized spacial score (nSPS) is 7.40. The van der Waals surface area contributed by atoms with Gasteiger partial charge >= 0.3 is 0 Å². The summed E-state index contributed by atoms with van der Waals surface area (Å²) in [7, 11) is 0. The van der Waals surface area contributed by atoms with Gasteiger partial charge in [0.2, 0.25) is 0 Å². The van der Waals surface area contributed by atoms with Crippen molar-refractivity contribution in [3.8, 4) is 0 Å². The molecule has 0 bridgehead atoms. The lowest BCUT2D eigenvalue weighted by Crippen LogP contribution is -1.70. The first-order chi connectivity index (χ1) is 2.41. The van der Waals surface area contributed by atoms with Gasteiger partial charge in [0.15, 0.2) is 0 Å². The lowest BCUT2D eigenvalue weighted by molar-refractivity contribution is -0.107. The fourth-order valence-electron chi connectivity index (χ4n) is 0.0481. The highest BCUT2D eigenvalue weighted by molar-refractivity contribution is 7.80. The summed E-state index contributed by atoms with van der Waals surface area (Å²) in [5, 5.41) is 0. The smallest absolute Gasteiger partial charge is 0.120 e. The average molecular weight is 89.1 g/mol. The number of aldehydes is 1. The van der Waals surface area contributed by atoms with Crippen molar-refractivity contribution >= 4 is 18.9 Å². The lowest BCUT2D eigenvalue weighted by atomic mass is 10.6. The van der Waals surface area contributed by atoms with Gasteiger partial charge < -0.3 is 4.79 Å². The quantitative estimate of drug-likeness (QED) is 0.457. The van der Waals surface area contributed by atoms with E-state index in [1.54, 1.807) is 0 Å². The molecule has 2 heteroatoms. The number of hydrogen-bond acceptors (Lipinski definition) is 1. The van der Waals surface area contributed by atoms with E-state index in [0.717, 1.165) is 6.29 Å². The molecule has 0 spiro atoms. The Morgan fingerprint density at radius 2 is 2.40 bits per heavy atom. The Morgan fingerprint density at radius 1 is 1.80 bits per heavy atom. The van der Waals surface area contributed by atoms with Crippen molar-refractivity contribution in [3.05, 3.63) is 0 Å². The van der Waals surface area contributed by atoms with E-state index < -0.39 is 0 Å². The molecule has 0 saturated carbocycles. The molecule has 0 fully saturated rings. The van der Waals surface area contributed by atoms with E-state index in [4.69, 9.17) is 0 Å². The maximum absolute atomic E-state index is 9.34. The molecule has 0 aromatic heterocycles. The summed E-state index contributed by atoms with van der Waals surface area (Å²) in [6.45, 7) is 0. The zero-order chi connectivity index (χ0) is 4.12. The molecule has 0 aliphatic heterocycles. The van der Waals surface area contributed by atoms with Crippen LogP contribution < -0.4 is 0 Å². The predicted molar refractivity (Wildman–Crippen MR) is 23.1 cm³/mol. The van der Waals surface area contributed by atoms with Crippen LogP contribution in [0.5, 0.6) is 0 Å². The molecule has 0 unspecified atom stereocenters. The second-order valence-corrected chi connectivity index (χ2v) is 1.07. The van der Waals surface area contributed by atoms with Crippen molar-refractivity contribution in [2.75, 3.05) is 5.75 Å². The Bertz CT molecular complexity index is 28.1. The molecule has 1 radical (unpaired) electrons. The summed E-state index contributed by atoms with van der Waals surface area (Å²) in [6.07, 6.45) is 1.35. The van der Waals surface area contributed by atoms with Crippen LogP contribution in [0.15, 0.2) is 0 Å². The van der Waals surface area contributed by atoms with E-state index >= 15 is 0 Å². The van der Waals surface area contributed by atoms with Gasteiger partial charge in [-0.15, -0.1) is 0 Å². The van der Waals surface area contributed by atoms with Gasteiger partial charge in [-0.1, -0.05) is 12.6 Å². The zero-order valence-electron chi connectivity index (χ0n) is 2.81. The van der Waals surface area contributed by atoms with Gasteiger partial charge in [0.05, 0.1) is 0 Å². The summed E-state index contributed by atoms with van der Waals surface area (Å²) < 4.78 is 0. The van der Waals surface area contributed by atoms with Crippen LogP contribution >= 0.6 is 12.6 Å². The third-order valence-corrected chi connectivity index (χ3v) is 0.471. The van der Waals surface area contributed by atoms with Gasteiger partial charge in [0, 0.05) is 12.2 Å². The highest BCUT2D eigenvalue weighted by atomic mass is 32.1. The van der Waals surface area contributed by atoms with Crippen LogP contribution in [0.2, 0.25) is 0 Å². The molecule has 0 aromatic carbocycles. The van der Waals surface area contributed by atoms with E-state index in [2.05, 4.69) is 12.6 Å². The minimum absolute atomic E-state index is 0.523. The predicted octanol–water partition coefficient (Wildman–Crippen LogP) is 0.773. The van der Waals surface area contributed by atoms with Crippen LogP contribution in [-0.4, -0.2) is 12.0 Å². The topological polar surface area (TPSA) is 17.1 Å². The minimum Gasteiger partial charge on any atom is -0.303 e. The standard InChI is InChI=1S/C3H5OS/c4-2-1-3-5/h2H,1,3H2. The minimum atomic E-state index is 0.523. The Kier molecular flexibility index (Phi) is 4.04. The number of hydrogen-bond donors (Lipinski definition) is 0. The number of carbonyl (C=O) groups excluding carboxylic acids is 1. The molecule has 1 nitrogen and oxygen atoms in total. The third kappa shape index (κ3) is 4.02. The molecule has 0 amide bonds. The molecule has 0 aliphatic carbocycles. The van der Waals surface area contributed by atoms with Gasteiger partial charge in [-0.25, -0.2) is 0 Å². The summed E-state index contributed by atoms with van der Waals surface area (Å²) >= 11 is 4.42. The Balaban J connectivity index is 2.40. The van der Waals surface area contributed by atoms with Crippen molar-refractivity contribution in [2.24, 2.45) is 0 Å². The monoisotopic (exact) mass is 89.0 g/mol. The van der Waals surface area contributed by atoms with E-state index in [1.807, 2.05) is 0 Å². The van der Waals surface area contributed by atoms with Crippen LogP contribution in [0.4, 0.5) is 0 Å². The Hall–Kier alpha value is 0.0200. The van der Waals surface area contributed by atoms with E-state index in [-0.39, 0.29) is 0 Å². The molecule has 0 saturated heterocycles. The van der Waals surface area contributed by atoms with Crippen LogP contribution in [-0.2, 0) is 4.79 Å². The first kappa shape index (κ1) is 5.02. The van der Waals surface area contributed by atoms with Gasteiger partial charge in [-0.05, 0) is 0 Å². The summed E-state index contributed by atoms with van der Waals surface area (Å²) in [4.78, 5) is 9.34. The van der Waals surface area contributed by atoms with Crippen LogP contribution in [0.1, 0.15) is 6.42 Å². The van der Waals surface area contributed by atoms with Crippen molar-refractivity contribution in [3.63, 3.8) is 0 Å². The van der Waals surface area contributed by atoms with Gasteiger partial charge in [0.1, 0.15) is 6.29 Å². The molecule has 0 aliphatic rings. The second-order valence-electron chi connectivity index (χ2n) is 0.659. The highest BCUT2D eigenvalue weighted by Crippen LogP contribution is 1.73. The Labute approximate surface area is 36.8 Å². The number of carbonyl (C=O) groups is 1. The maximum atomic E-state index is 9.34. The largest absolute Gasteiger partial charge is 0.303 e. The first-order valence-electron chi connectivity index (χ1n) is 1.43. The fourth-order valence-corrected chi connectivity index (χ4v) is 0.144. The van der Waals surface area contributed by atoms with E-state index in [1.165, 1.54) is 0 Å². The molecule has 0 heterocycles. The fraction of sp³-hybridized carbons (Fsp3) is 0.667. The van der Waals surface area contributed by atoms with E-state index in [9.17, 15) is 4.79 Å². The lowest BCUT2D eigenvalue weighted by Gasteiger charge is -1.66. The average Bonchev–Trinajstić information content (AvgIpc) is 1.41. The van der Waals surface area contributed by atoms with E-state index in [0.29, 0.717) is 12.2 Å². The van der Waals surface area contributed by atoms with Crippen LogP contribution in [0.3, 0.4) is 0 Å². The molecular formula is C3H5OS. The van der Waals surface area contributed by atoms with Crippen LogP contribution in [0, 0.1) is 0 Å². The van der Waals surface area contributed by atoms with Crippen molar-refractivity contribution in [2.45, 2.75) is 6.42 Å². The molecule has 0 atom stereocenters. The zero-order valence-corrected chi connectivity index (χ0v) is 3.62. The maximum Gasteiger partial charge on any atom is 0.120 e. The van der Waals surface area contributed by atoms with Crippen molar-refractivity contribution in [1.82, 2.24) is 0 Å². The second kappa shape index (κ2) is 4.02. The molecule has 0 N–H and O–H groups in total. The van der Waals surface area contributed by atoms with Gasteiger partial charge in [-0.2, -0.15) is 0 Å². The molecule has 29 valence electrons. The number of rotatable bonds is 2. The third-order valence-electron chi connectivity index (χ3n) is 0.236. The first-order valence-corrected chi connectivity index (χ1v) is 2.01. The van der Waals surface area contributed by atoms with Gasteiger partial charge in [0.25, 0.3) is 0 Å². The Morgan fingerprint density at radius 3 is 2.40 bits per heavy atom. The van der Waals surface area contributed by atoms with Crippen LogP contribution in [0.25, 0.3) is 0 Å². The summed E-state index contributed by atoms with van der Waals surface area (Å²) in [5.74, 6) is 0.559. The highest BCUT2D eigenvalue weighted by Gasteiger charge is 1.68. The van der Waals surface area contributed by atoms with Crippen molar-refractivity contribution in [1.29, 1.82) is 0 Å². The van der Waals surface area contributed by atoms with Crippen molar-refractivity contribution < 1.29 is 4.79 Å². The SMILES string of the molecule is O=CCC[S].